The van der Waals surface area contributed by atoms with Gasteiger partial charge in [-0.1, -0.05) is 65.3 Å². The van der Waals surface area contributed by atoms with Crippen molar-refractivity contribution < 1.29 is 14.3 Å². The Labute approximate surface area is 186 Å². The molecule has 6 nitrogen and oxygen atoms in total. The van der Waals surface area contributed by atoms with E-state index in [0.29, 0.717) is 11.6 Å². The Morgan fingerprint density at radius 3 is 2.53 bits per heavy atom. The largest absolute Gasteiger partial charge is 0.456 e. The number of nitrogens with zero attached hydrogens (tertiary/aromatic N) is 1. The summed E-state index contributed by atoms with van der Waals surface area (Å²) in [6.07, 6.45) is 0.302. The van der Waals surface area contributed by atoms with Gasteiger partial charge in [-0.2, -0.15) is 0 Å². The van der Waals surface area contributed by atoms with E-state index in [1.165, 1.54) is 11.3 Å². The average Bonchev–Trinajstić information content (AvgIpc) is 3.22. The fraction of sp³-hybridized carbons (Fsp3) is 0.182. The number of carbonyl (C=O) groups excluding carboxylic acids is 2. The molecule has 1 aromatic heterocycles. The maximum atomic E-state index is 12.7. The Balaban J connectivity index is 1.60. The summed E-state index contributed by atoms with van der Waals surface area (Å²) in [4.78, 5) is 29.3. The molecule has 0 fully saturated rings. The fourth-order valence-electron chi connectivity index (χ4n) is 2.74. The van der Waals surface area contributed by atoms with Gasteiger partial charge >= 0.3 is 5.97 Å². The van der Waals surface area contributed by atoms with E-state index in [1.54, 1.807) is 6.92 Å². The van der Waals surface area contributed by atoms with Crippen molar-refractivity contribution in [1.29, 1.82) is 5.41 Å². The Bertz CT molecular complexity index is 1040. The van der Waals surface area contributed by atoms with E-state index >= 15 is 0 Å². The SMILES string of the molecule is CCC(C(=N)C(=O)OCc1ccccc1)C(=O)Nc1nc(-c2ccc(Br)cc2)cs1. The van der Waals surface area contributed by atoms with E-state index < -0.39 is 17.8 Å². The smallest absolute Gasteiger partial charge is 0.353 e. The van der Waals surface area contributed by atoms with Crippen LogP contribution in [0.2, 0.25) is 0 Å². The standard InChI is InChI=1S/C22H20BrN3O3S/c1-2-17(19(24)21(28)29-12-14-6-4-3-5-7-14)20(27)26-22-25-18(13-30-22)15-8-10-16(23)11-9-15/h3-11,13,17,24H,2,12H2,1H3,(H,25,26,27). The van der Waals surface area contributed by atoms with Crippen molar-refractivity contribution in [3.63, 3.8) is 0 Å². The number of ether oxygens (including phenoxy) is 1. The first-order valence-electron chi connectivity index (χ1n) is 9.29. The van der Waals surface area contributed by atoms with E-state index in [-0.39, 0.29) is 12.3 Å². The molecule has 0 spiro atoms. The van der Waals surface area contributed by atoms with E-state index in [1.807, 2.05) is 60.0 Å². The predicted molar refractivity (Wildman–Crippen MR) is 122 cm³/mol. The molecule has 1 unspecified atom stereocenters. The summed E-state index contributed by atoms with van der Waals surface area (Å²) in [7, 11) is 0. The van der Waals surface area contributed by atoms with E-state index in [9.17, 15) is 9.59 Å². The molecule has 1 heterocycles. The Morgan fingerprint density at radius 2 is 1.87 bits per heavy atom. The maximum absolute atomic E-state index is 12.7. The molecule has 1 atom stereocenters. The van der Waals surface area contributed by atoms with Gasteiger partial charge in [0.2, 0.25) is 5.91 Å². The van der Waals surface area contributed by atoms with E-state index in [4.69, 9.17) is 10.1 Å². The molecule has 1 amide bonds. The van der Waals surface area contributed by atoms with Gasteiger partial charge < -0.3 is 10.1 Å². The summed E-state index contributed by atoms with van der Waals surface area (Å²) in [5.74, 6) is -2.15. The Kier molecular flexibility index (Phi) is 7.48. The lowest BCUT2D eigenvalue weighted by Gasteiger charge is -2.14. The van der Waals surface area contributed by atoms with Gasteiger partial charge in [0, 0.05) is 15.4 Å². The van der Waals surface area contributed by atoms with Crippen molar-refractivity contribution in [2.75, 3.05) is 5.32 Å². The number of aromatic nitrogens is 1. The topological polar surface area (TPSA) is 92.1 Å². The second-order valence-corrected chi connectivity index (χ2v) is 8.24. The zero-order valence-electron chi connectivity index (χ0n) is 16.2. The Morgan fingerprint density at radius 1 is 1.17 bits per heavy atom. The molecule has 0 aliphatic carbocycles. The second kappa shape index (κ2) is 10.3. The van der Waals surface area contributed by atoms with Crippen molar-refractivity contribution in [3.05, 3.63) is 70.0 Å². The predicted octanol–water partition coefficient (Wildman–Crippen LogP) is 5.30. The minimum atomic E-state index is -0.909. The lowest BCUT2D eigenvalue weighted by molar-refractivity contribution is -0.137. The number of hydrogen-bond donors (Lipinski definition) is 2. The third-order valence-corrected chi connectivity index (χ3v) is 5.67. The quantitative estimate of drug-likeness (QED) is 0.334. The number of rotatable bonds is 8. The van der Waals surface area contributed by atoms with Gasteiger partial charge in [0.25, 0.3) is 0 Å². The average molecular weight is 486 g/mol. The second-order valence-electron chi connectivity index (χ2n) is 6.47. The molecule has 2 N–H and O–H groups in total. The molecule has 2 aromatic carbocycles. The summed E-state index contributed by atoms with van der Waals surface area (Å²) in [5, 5.41) is 13.1. The molecular formula is C22H20BrN3O3S. The third kappa shape index (κ3) is 5.61. The van der Waals surface area contributed by atoms with Crippen molar-refractivity contribution in [2.45, 2.75) is 20.0 Å². The highest BCUT2D eigenvalue weighted by Crippen LogP contribution is 2.26. The number of nitrogens with one attached hydrogen (secondary N) is 2. The minimum absolute atomic E-state index is 0.0587. The number of esters is 1. The number of thiazole rings is 1. The van der Waals surface area contributed by atoms with Gasteiger partial charge in [0.1, 0.15) is 12.3 Å². The number of carbonyl (C=O) groups is 2. The molecule has 0 aliphatic heterocycles. The molecule has 3 aromatic rings. The zero-order chi connectivity index (χ0) is 21.5. The van der Waals surface area contributed by atoms with Gasteiger partial charge in [-0.25, -0.2) is 9.78 Å². The van der Waals surface area contributed by atoms with Gasteiger partial charge in [-0.15, -0.1) is 11.3 Å². The van der Waals surface area contributed by atoms with Crippen LogP contribution in [-0.2, 0) is 20.9 Å². The van der Waals surface area contributed by atoms with Gasteiger partial charge in [0.05, 0.1) is 11.6 Å². The van der Waals surface area contributed by atoms with Crippen LogP contribution in [-0.4, -0.2) is 22.6 Å². The number of anilines is 1. The van der Waals surface area contributed by atoms with Crippen molar-refractivity contribution >= 4 is 50.0 Å². The van der Waals surface area contributed by atoms with Crippen LogP contribution < -0.4 is 5.32 Å². The summed E-state index contributed by atoms with van der Waals surface area (Å²) >= 11 is 4.69. The van der Waals surface area contributed by atoms with Crippen molar-refractivity contribution in [1.82, 2.24) is 4.98 Å². The molecular weight excluding hydrogens is 466 g/mol. The van der Waals surface area contributed by atoms with Crippen LogP contribution in [0, 0.1) is 11.3 Å². The normalized spacial score (nSPS) is 11.5. The highest BCUT2D eigenvalue weighted by atomic mass is 79.9. The van der Waals surface area contributed by atoms with E-state index in [0.717, 1.165) is 21.3 Å². The number of benzene rings is 2. The molecule has 8 heteroatoms. The van der Waals surface area contributed by atoms with Crippen LogP contribution in [0.5, 0.6) is 0 Å². The number of amides is 1. The molecule has 0 saturated heterocycles. The molecule has 0 radical (unpaired) electrons. The highest BCUT2D eigenvalue weighted by molar-refractivity contribution is 9.10. The van der Waals surface area contributed by atoms with Gasteiger partial charge in [0.15, 0.2) is 5.13 Å². The van der Waals surface area contributed by atoms with Crippen LogP contribution in [0.1, 0.15) is 18.9 Å². The van der Waals surface area contributed by atoms with E-state index in [2.05, 4.69) is 26.2 Å². The summed E-state index contributed by atoms with van der Waals surface area (Å²) in [5.41, 5.74) is 2.13. The first kappa shape index (κ1) is 21.9. The van der Waals surface area contributed by atoms with Crippen LogP contribution in [0.4, 0.5) is 5.13 Å². The zero-order valence-corrected chi connectivity index (χ0v) is 18.6. The summed E-state index contributed by atoms with van der Waals surface area (Å²) in [6, 6.07) is 16.9. The van der Waals surface area contributed by atoms with Crippen LogP contribution >= 0.6 is 27.3 Å². The highest BCUT2D eigenvalue weighted by Gasteiger charge is 2.28. The lowest BCUT2D eigenvalue weighted by Crippen LogP contribution is -2.34. The van der Waals surface area contributed by atoms with Gasteiger partial charge in [-0.05, 0) is 24.1 Å². The van der Waals surface area contributed by atoms with Gasteiger partial charge in [-0.3, -0.25) is 10.2 Å². The Hall–Kier alpha value is -2.84. The first-order chi connectivity index (χ1) is 14.5. The molecule has 154 valence electrons. The summed E-state index contributed by atoms with van der Waals surface area (Å²) in [6.45, 7) is 1.81. The first-order valence-corrected chi connectivity index (χ1v) is 11.0. The molecule has 30 heavy (non-hydrogen) atoms. The van der Waals surface area contributed by atoms with Crippen LogP contribution in [0.25, 0.3) is 11.3 Å². The monoisotopic (exact) mass is 485 g/mol. The van der Waals surface area contributed by atoms with Crippen molar-refractivity contribution in [2.24, 2.45) is 5.92 Å². The van der Waals surface area contributed by atoms with Crippen LogP contribution in [0.3, 0.4) is 0 Å². The third-order valence-electron chi connectivity index (χ3n) is 4.38. The minimum Gasteiger partial charge on any atom is -0.456 e. The number of hydrogen-bond acceptors (Lipinski definition) is 6. The molecule has 0 saturated carbocycles. The molecule has 0 bridgehead atoms. The van der Waals surface area contributed by atoms with Crippen molar-refractivity contribution in [3.8, 4) is 11.3 Å². The lowest BCUT2D eigenvalue weighted by atomic mass is 9.99. The van der Waals surface area contributed by atoms with Crippen LogP contribution in [0.15, 0.2) is 64.5 Å². The fourth-order valence-corrected chi connectivity index (χ4v) is 3.73. The summed E-state index contributed by atoms with van der Waals surface area (Å²) < 4.78 is 6.16. The number of halogens is 1. The molecule has 0 aliphatic rings. The maximum Gasteiger partial charge on any atom is 0.353 e. The molecule has 3 rings (SSSR count).